The Balaban J connectivity index is 1.91. The van der Waals surface area contributed by atoms with Crippen molar-refractivity contribution in [2.45, 2.75) is 52.3 Å². The van der Waals surface area contributed by atoms with E-state index < -0.39 is 11.6 Å². The number of fused-ring (bicyclic) bond motifs is 1. The molecule has 0 aromatic carbocycles. The Bertz CT molecular complexity index is 901. The van der Waals surface area contributed by atoms with Crippen molar-refractivity contribution in [3.8, 4) is 0 Å². The average Bonchev–Trinajstić information content (AvgIpc) is 2.58. The van der Waals surface area contributed by atoms with Crippen LogP contribution in [0.1, 0.15) is 45.1 Å². The van der Waals surface area contributed by atoms with Crippen LogP contribution < -0.4 is 4.90 Å². The first-order valence-corrected chi connectivity index (χ1v) is 9.05. The topological polar surface area (TPSA) is 122 Å². The Labute approximate surface area is 162 Å². The van der Waals surface area contributed by atoms with Gasteiger partial charge in [0.05, 0.1) is 12.1 Å². The molecule has 0 aliphatic carbocycles. The number of hydrogen-bond acceptors (Lipinski definition) is 8. The smallest absolute Gasteiger partial charge is 0.410 e. The fourth-order valence-corrected chi connectivity index (χ4v) is 3.39. The van der Waals surface area contributed by atoms with Crippen molar-refractivity contribution < 1.29 is 19.4 Å². The zero-order chi connectivity index (χ0) is 20.6. The normalized spacial score (nSPS) is 20.3. The summed E-state index contributed by atoms with van der Waals surface area (Å²) in [5.41, 5.74) is -0.243. The minimum Gasteiger partial charge on any atom is -0.476 e. The summed E-state index contributed by atoms with van der Waals surface area (Å²) < 4.78 is 5.52. The maximum absolute atomic E-state index is 12.6. The van der Waals surface area contributed by atoms with Crippen LogP contribution in [0.3, 0.4) is 0 Å². The lowest BCUT2D eigenvalue weighted by atomic mass is 10.1. The molecule has 2 atom stereocenters. The minimum absolute atomic E-state index is 0.147. The lowest BCUT2D eigenvalue weighted by molar-refractivity contribution is 0.00559. The van der Waals surface area contributed by atoms with Gasteiger partial charge in [-0.15, -0.1) is 10.2 Å². The van der Waals surface area contributed by atoms with Crippen molar-refractivity contribution >= 4 is 28.9 Å². The van der Waals surface area contributed by atoms with Gasteiger partial charge in [-0.3, -0.25) is 9.88 Å². The zero-order valence-corrected chi connectivity index (χ0v) is 16.6. The van der Waals surface area contributed by atoms with Crippen LogP contribution in [-0.2, 0) is 4.74 Å². The average molecular weight is 388 g/mol. The van der Waals surface area contributed by atoms with Gasteiger partial charge >= 0.3 is 12.1 Å². The number of carboxylic acids is 1. The molecule has 2 aromatic rings. The van der Waals surface area contributed by atoms with E-state index in [1.807, 2.05) is 39.5 Å². The van der Waals surface area contributed by atoms with Gasteiger partial charge in [-0.2, -0.15) is 0 Å². The van der Waals surface area contributed by atoms with Gasteiger partial charge < -0.3 is 14.7 Å². The molecular formula is C18H24N6O4. The van der Waals surface area contributed by atoms with E-state index in [1.165, 1.54) is 12.4 Å². The van der Waals surface area contributed by atoms with E-state index in [0.717, 1.165) is 0 Å². The number of carboxylic acid groups (broad SMARTS) is 1. The molecular weight excluding hydrogens is 364 g/mol. The number of carbonyl (C=O) groups excluding carboxylic acids is 1. The van der Waals surface area contributed by atoms with Crippen LogP contribution in [0.15, 0.2) is 12.4 Å². The molecule has 1 aliphatic rings. The highest BCUT2D eigenvalue weighted by atomic mass is 16.6. The van der Waals surface area contributed by atoms with Gasteiger partial charge in [-0.25, -0.2) is 14.6 Å². The second-order valence-corrected chi connectivity index (χ2v) is 7.92. The van der Waals surface area contributed by atoms with Crippen LogP contribution in [0.2, 0.25) is 0 Å². The number of anilines is 1. The Hall–Kier alpha value is -3.04. The minimum atomic E-state index is -1.21. The lowest BCUT2D eigenvalue weighted by Gasteiger charge is -2.44. The van der Waals surface area contributed by atoms with E-state index in [-0.39, 0.29) is 29.4 Å². The Morgan fingerprint density at radius 3 is 2.18 bits per heavy atom. The molecule has 1 aliphatic heterocycles. The highest BCUT2D eigenvalue weighted by Crippen LogP contribution is 2.27. The molecule has 10 nitrogen and oxygen atoms in total. The summed E-state index contributed by atoms with van der Waals surface area (Å²) in [6, 6.07) is -0.294. The predicted molar refractivity (Wildman–Crippen MR) is 101 cm³/mol. The molecule has 28 heavy (non-hydrogen) atoms. The van der Waals surface area contributed by atoms with E-state index in [1.54, 1.807) is 4.90 Å². The van der Waals surface area contributed by atoms with Crippen LogP contribution in [0, 0.1) is 0 Å². The van der Waals surface area contributed by atoms with Crippen molar-refractivity contribution in [2.75, 3.05) is 18.0 Å². The van der Waals surface area contributed by atoms with Crippen molar-refractivity contribution in [1.82, 2.24) is 25.1 Å². The number of aromatic carboxylic acids is 1. The van der Waals surface area contributed by atoms with E-state index in [0.29, 0.717) is 24.4 Å². The summed E-state index contributed by atoms with van der Waals surface area (Å²) >= 11 is 0. The monoisotopic (exact) mass is 388 g/mol. The number of piperazine rings is 1. The van der Waals surface area contributed by atoms with Crippen molar-refractivity contribution in [2.24, 2.45) is 0 Å². The number of ether oxygens (including phenoxy) is 1. The number of hydrogen-bond donors (Lipinski definition) is 1. The van der Waals surface area contributed by atoms with Crippen LogP contribution in [0.4, 0.5) is 10.6 Å². The molecule has 1 fully saturated rings. The first kappa shape index (κ1) is 19.7. The van der Waals surface area contributed by atoms with E-state index in [9.17, 15) is 14.7 Å². The molecule has 0 saturated carbocycles. The van der Waals surface area contributed by atoms with Gasteiger partial charge in [0.25, 0.3) is 0 Å². The summed E-state index contributed by atoms with van der Waals surface area (Å²) in [6.45, 7) is 10.3. The third kappa shape index (κ3) is 3.80. The second kappa shape index (κ2) is 7.17. The Morgan fingerprint density at radius 2 is 1.64 bits per heavy atom. The molecule has 0 radical (unpaired) electrons. The van der Waals surface area contributed by atoms with Gasteiger partial charge in [0.1, 0.15) is 16.6 Å². The third-order valence-corrected chi connectivity index (χ3v) is 4.40. The van der Waals surface area contributed by atoms with E-state index >= 15 is 0 Å². The molecule has 3 rings (SSSR count). The molecule has 150 valence electrons. The Morgan fingerprint density at radius 1 is 1.07 bits per heavy atom. The fraction of sp³-hybridized carbons (Fsp3) is 0.556. The van der Waals surface area contributed by atoms with Crippen LogP contribution in [-0.4, -0.2) is 73.0 Å². The van der Waals surface area contributed by atoms with Crippen molar-refractivity contribution in [1.29, 1.82) is 0 Å². The number of aromatic nitrogens is 4. The van der Waals surface area contributed by atoms with Gasteiger partial charge in [-0.05, 0) is 34.6 Å². The Kier molecular flexibility index (Phi) is 5.05. The largest absolute Gasteiger partial charge is 0.476 e. The maximum atomic E-state index is 12.6. The summed E-state index contributed by atoms with van der Waals surface area (Å²) in [5.74, 6) is -0.753. The van der Waals surface area contributed by atoms with Crippen molar-refractivity contribution in [3.63, 3.8) is 0 Å². The van der Waals surface area contributed by atoms with Crippen LogP contribution in [0.25, 0.3) is 11.0 Å². The maximum Gasteiger partial charge on any atom is 0.410 e. The molecule has 0 spiro atoms. The van der Waals surface area contributed by atoms with Gasteiger partial charge in [0.15, 0.2) is 11.5 Å². The SMILES string of the molecule is C[C@@H]1CN(c2nnc(C(=O)O)c3nccnc23)C[C@H](C)N1C(=O)OC(C)(C)C. The molecule has 1 saturated heterocycles. The second-order valence-electron chi connectivity index (χ2n) is 7.92. The first-order chi connectivity index (χ1) is 13.1. The van der Waals surface area contributed by atoms with Gasteiger partial charge in [0, 0.05) is 25.5 Å². The van der Waals surface area contributed by atoms with E-state index in [4.69, 9.17) is 4.74 Å². The highest BCUT2D eigenvalue weighted by Gasteiger charge is 2.37. The molecule has 1 amide bonds. The lowest BCUT2D eigenvalue weighted by Crippen LogP contribution is -2.59. The summed E-state index contributed by atoms with van der Waals surface area (Å²) in [7, 11) is 0. The molecule has 10 heteroatoms. The fourth-order valence-electron chi connectivity index (χ4n) is 3.39. The van der Waals surface area contributed by atoms with Crippen LogP contribution >= 0.6 is 0 Å². The molecule has 2 aromatic heterocycles. The summed E-state index contributed by atoms with van der Waals surface area (Å²) in [6.07, 6.45) is 2.55. The number of amides is 1. The third-order valence-electron chi connectivity index (χ3n) is 4.40. The van der Waals surface area contributed by atoms with E-state index in [2.05, 4.69) is 20.2 Å². The standard InChI is InChI=1S/C18H24N6O4/c1-10-8-23(9-11(2)24(10)17(27)28-18(3,4)5)15-13-12(19-6-7-20-13)14(16(25)26)21-22-15/h6-7,10-11H,8-9H2,1-5H3,(H,25,26)/t10-,11+. The number of carbonyl (C=O) groups is 2. The zero-order valence-electron chi connectivity index (χ0n) is 16.6. The molecule has 1 N–H and O–H groups in total. The number of rotatable bonds is 2. The van der Waals surface area contributed by atoms with Crippen molar-refractivity contribution in [3.05, 3.63) is 18.1 Å². The summed E-state index contributed by atoms with van der Waals surface area (Å²) in [5, 5.41) is 17.3. The molecule has 3 heterocycles. The quantitative estimate of drug-likeness (QED) is 0.822. The first-order valence-electron chi connectivity index (χ1n) is 9.05. The highest BCUT2D eigenvalue weighted by molar-refractivity contribution is 6.01. The van der Waals surface area contributed by atoms with Crippen LogP contribution in [0.5, 0.6) is 0 Å². The number of nitrogens with zero attached hydrogens (tertiary/aromatic N) is 6. The van der Waals surface area contributed by atoms with Gasteiger partial charge in [-0.1, -0.05) is 0 Å². The van der Waals surface area contributed by atoms with Gasteiger partial charge in [0.2, 0.25) is 0 Å². The summed E-state index contributed by atoms with van der Waals surface area (Å²) in [4.78, 5) is 36.0. The molecule has 0 unspecified atom stereocenters. The predicted octanol–water partition coefficient (Wildman–Crippen LogP) is 1.95. The molecule has 0 bridgehead atoms.